The Bertz CT molecular complexity index is 2280. The quantitative estimate of drug-likeness (QED) is 0.273. The normalized spacial score (nSPS) is 29.7. The Kier molecular flexibility index (Phi) is 12.2. The zero-order valence-corrected chi connectivity index (χ0v) is 36.6. The van der Waals surface area contributed by atoms with Crippen LogP contribution < -0.4 is 24.8 Å². The molecular weight excluding hydrogens is 848 g/mol. The zero-order chi connectivity index (χ0) is 45.0. The smallest absolute Gasteiger partial charge is 0.437 e. The van der Waals surface area contributed by atoms with Crippen LogP contribution in [0.4, 0.5) is 18.0 Å². The first-order chi connectivity index (χ1) is 29.9. The van der Waals surface area contributed by atoms with E-state index in [1.54, 1.807) is 25.1 Å². The molecule has 4 aliphatic heterocycles. The fourth-order valence-electron chi connectivity index (χ4n) is 9.20. The number of benzene rings is 1. The molecule has 5 heterocycles. The van der Waals surface area contributed by atoms with E-state index in [1.165, 1.54) is 17.9 Å². The molecule has 0 unspecified atom stereocenters. The van der Waals surface area contributed by atoms with Gasteiger partial charge in [0.05, 0.1) is 30.0 Å². The van der Waals surface area contributed by atoms with Gasteiger partial charge < -0.3 is 34.5 Å². The predicted octanol–water partition coefficient (Wildman–Crippen LogP) is 5.76. The molecule has 1 spiro atoms. The fourth-order valence-corrected chi connectivity index (χ4v) is 10.5. The van der Waals surface area contributed by atoms with Crippen LogP contribution in [-0.4, -0.2) is 102 Å². The van der Waals surface area contributed by atoms with E-state index in [2.05, 4.69) is 20.3 Å². The number of nitrogens with zero attached hydrogens (tertiary/aromatic N) is 2. The highest BCUT2D eigenvalue weighted by molar-refractivity contribution is 7.91. The summed E-state index contributed by atoms with van der Waals surface area (Å²) in [7, 11) is -4.10. The number of allylic oxidation sites excluding steroid dienone is 1. The number of pyridine rings is 1. The van der Waals surface area contributed by atoms with Gasteiger partial charge in [0.25, 0.3) is 5.91 Å². The van der Waals surface area contributed by atoms with E-state index in [1.807, 2.05) is 13.0 Å². The van der Waals surface area contributed by atoms with Crippen LogP contribution in [0.25, 0.3) is 10.9 Å². The van der Waals surface area contributed by atoms with E-state index < -0.39 is 91.5 Å². The monoisotopic (exact) mass is 903 g/mol. The summed E-state index contributed by atoms with van der Waals surface area (Å²) in [6, 6.07) is 2.17. The van der Waals surface area contributed by atoms with E-state index in [0.29, 0.717) is 82.1 Å². The van der Waals surface area contributed by atoms with E-state index in [-0.39, 0.29) is 55.8 Å². The molecular formula is C44H56F3N5O10S. The molecule has 8 rings (SSSR count). The summed E-state index contributed by atoms with van der Waals surface area (Å²) in [6.07, 6.45) is 2.51. The van der Waals surface area contributed by atoms with Crippen LogP contribution in [0, 0.1) is 5.92 Å². The number of hydrogen-bond donors (Lipinski definition) is 3. The minimum absolute atomic E-state index is 0.0628. The van der Waals surface area contributed by atoms with Crippen LogP contribution in [0.1, 0.15) is 115 Å². The van der Waals surface area contributed by atoms with Crippen molar-refractivity contribution in [1.82, 2.24) is 25.2 Å². The number of carbonyl (C=O) groups excluding carboxylic acids is 4. The number of alkyl carbamates (subject to hydrolysis) is 1. The van der Waals surface area contributed by atoms with Crippen molar-refractivity contribution < 1.29 is 59.7 Å². The van der Waals surface area contributed by atoms with Gasteiger partial charge >= 0.3 is 12.3 Å². The SMILES string of the molecule is CC[C@H](C)OC(=O)N[C@H]1CCCCC/C=C\[C@@H]2C[C@@]2(C(=O)NS(=O)(=O)C2(C)CC2)NC(=O)[C@@H]2C[C@]3(CCc4c(c(C(F)(F)F)nc5ccc(OC6CCOCC6)cc45)O3)CN2C1=O. The Morgan fingerprint density at radius 3 is 2.56 bits per heavy atom. The summed E-state index contributed by atoms with van der Waals surface area (Å²) in [5.41, 5.74) is -4.10. The van der Waals surface area contributed by atoms with Crippen LogP contribution in [0.15, 0.2) is 30.4 Å². The van der Waals surface area contributed by atoms with E-state index in [4.69, 9.17) is 18.9 Å². The summed E-state index contributed by atoms with van der Waals surface area (Å²) in [5, 5.41) is 5.91. The highest BCUT2D eigenvalue weighted by atomic mass is 32.2. The Balaban J connectivity index is 1.15. The molecule has 2 aromatic rings. The van der Waals surface area contributed by atoms with E-state index >= 15 is 0 Å². The summed E-state index contributed by atoms with van der Waals surface area (Å²) in [5.74, 6) is -3.00. The lowest BCUT2D eigenvalue weighted by Crippen LogP contribution is -2.58. The third-order valence-electron chi connectivity index (χ3n) is 13.7. The van der Waals surface area contributed by atoms with E-state index in [0.717, 1.165) is 0 Å². The van der Waals surface area contributed by atoms with Gasteiger partial charge in [-0.15, -0.1) is 0 Å². The van der Waals surface area contributed by atoms with Gasteiger partial charge in [-0.05, 0) is 89.8 Å². The van der Waals surface area contributed by atoms with Crippen molar-refractivity contribution in [2.75, 3.05) is 19.8 Å². The largest absolute Gasteiger partial charge is 0.490 e. The average molecular weight is 904 g/mol. The van der Waals surface area contributed by atoms with Crippen molar-refractivity contribution in [2.45, 2.75) is 157 Å². The first-order valence-electron chi connectivity index (χ1n) is 22.2. The standard InChI is InChI=1S/C44H56F3N5O10S/c1-4-26(2)60-40(56)49-33-11-9-7-5-6-8-10-27-23-43(27,39(55)51-63(57,58)41(3)18-19-41)50-37(53)34-24-42(25-52(34)38(33)54)17-14-30-31-22-29(61-28-15-20-59-21-16-28)12-13-32(31)48-36(35(30)62-42)44(45,46)47/h8,10,12-13,22,26-28,33-34H,4-7,9,11,14-21,23-25H2,1-3H3,(H,49,56)(H,50,53)(H,51,55)/b10-8-/t26-,27+,33-,34-,42+,43+/m0/s1. The van der Waals surface area contributed by atoms with Crippen LogP contribution >= 0.6 is 0 Å². The molecule has 3 N–H and O–H groups in total. The van der Waals surface area contributed by atoms with Gasteiger partial charge in [0.1, 0.15) is 41.2 Å². The summed E-state index contributed by atoms with van der Waals surface area (Å²) in [6.45, 7) is 5.80. The van der Waals surface area contributed by atoms with Crippen LogP contribution in [0.5, 0.6) is 11.5 Å². The molecule has 0 radical (unpaired) electrons. The van der Waals surface area contributed by atoms with Crippen molar-refractivity contribution in [3.05, 3.63) is 41.6 Å². The molecule has 4 fully saturated rings. The first-order valence-corrected chi connectivity index (χ1v) is 23.6. The molecule has 344 valence electrons. The topological polar surface area (TPSA) is 192 Å². The molecule has 15 nitrogen and oxygen atoms in total. The maximum absolute atomic E-state index is 15.0. The second kappa shape index (κ2) is 17.0. The molecule has 1 aromatic carbocycles. The maximum Gasteiger partial charge on any atom is 0.437 e. The van der Waals surface area contributed by atoms with Crippen molar-refractivity contribution in [1.29, 1.82) is 0 Å². The van der Waals surface area contributed by atoms with Crippen molar-refractivity contribution >= 4 is 44.7 Å². The average Bonchev–Trinajstić information content (AvgIpc) is 4.13. The van der Waals surface area contributed by atoms with Gasteiger partial charge in [-0.3, -0.25) is 19.1 Å². The number of nitrogens with one attached hydrogen (secondary N) is 3. The second-order valence-electron chi connectivity index (χ2n) is 18.4. The summed E-state index contributed by atoms with van der Waals surface area (Å²) >= 11 is 0. The molecule has 2 saturated heterocycles. The molecule has 63 heavy (non-hydrogen) atoms. The second-order valence-corrected chi connectivity index (χ2v) is 20.6. The third-order valence-corrected chi connectivity index (χ3v) is 15.9. The summed E-state index contributed by atoms with van der Waals surface area (Å²) < 4.78 is 96.1. The lowest BCUT2D eigenvalue weighted by Gasteiger charge is -2.37. The van der Waals surface area contributed by atoms with Gasteiger partial charge in [0.2, 0.25) is 21.8 Å². The van der Waals surface area contributed by atoms with Crippen LogP contribution in [0.3, 0.4) is 0 Å². The molecule has 0 bridgehead atoms. The third kappa shape index (κ3) is 9.18. The minimum Gasteiger partial charge on any atom is -0.490 e. The number of alkyl halides is 3. The van der Waals surface area contributed by atoms with Crippen molar-refractivity contribution in [2.24, 2.45) is 5.92 Å². The lowest BCUT2D eigenvalue weighted by atomic mass is 9.87. The molecule has 19 heteroatoms. The molecule has 2 saturated carbocycles. The first kappa shape index (κ1) is 44.9. The molecule has 2 aliphatic carbocycles. The number of aryl methyl sites for hydroxylation is 1. The number of halogens is 3. The van der Waals surface area contributed by atoms with Gasteiger partial charge in [-0.1, -0.05) is 31.9 Å². The number of amides is 4. The van der Waals surface area contributed by atoms with Gasteiger partial charge in [-0.25, -0.2) is 18.2 Å². The van der Waals surface area contributed by atoms with Crippen LogP contribution in [-0.2, 0) is 46.5 Å². The number of carbonyl (C=O) groups is 4. The predicted molar refractivity (Wildman–Crippen MR) is 222 cm³/mol. The van der Waals surface area contributed by atoms with Gasteiger partial charge in [-0.2, -0.15) is 13.2 Å². The number of hydrogen-bond acceptors (Lipinski definition) is 11. The Hall–Kier alpha value is -4.65. The molecule has 6 aliphatic rings. The highest BCUT2D eigenvalue weighted by Gasteiger charge is 2.64. The van der Waals surface area contributed by atoms with Gasteiger partial charge in [0.15, 0.2) is 11.4 Å². The number of rotatable bonds is 8. The molecule has 6 atom stereocenters. The minimum atomic E-state index is -4.94. The van der Waals surface area contributed by atoms with Crippen molar-refractivity contribution in [3.63, 3.8) is 0 Å². The number of fused-ring (bicyclic) bond motifs is 5. The Morgan fingerprint density at radius 1 is 1.08 bits per heavy atom. The van der Waals surface area contributed by atoms with Gasteiger partial charge in [0, 0.05) is 36.1 Å². The van der Waals surface area contributed by atoms with Crippen molar-refractivity contribution in [3.8, 4) is 11.5 Å². The Morgan fingerprint density at radius 2 is 1.84 bits per heavy atom. The number of sulfonamides is 1. The highest BCUT2D eigenvalue weighted by Crippen LogP contribution is 2.51. The molecule has 1 aromatic heterocycles. The number of aromatic nitrogens is 1. The zero-order valence-electron chi connectivity index (χ0n) is 35.8. The number of ether oxygens (including phenoxy) is 4. The van der Waals surface area contributed by atoms with Crippen LogP contribution in [0.2, 0.25) is 0 Å². The molecule has 4 amide bonds. The maximum atomic E-state index is 15.0. The summed E-state index contributed by atoms with van der Waals surface area (Å²) in [4.78, 5) is 62.0. The van der Waals surface area contributed by atoms with E-state index in [9.17, 15) is 40.8 Å². The lowest BCUT2D eigenvalue weighted by molar-refractivity contribution is -0.144. The fraction of sp³-hybridized carbons (Fsp3) is 0.659. The Labute approximate surface area is 364 Å².